The van der Waals surface area contributed by atoms with E-state index in [4.69, 9.17) is 25.8 Å². The fraction of sp³-hybridized carbons (Fsp3) is 0.188. The third kappa shape index (κ3) is 8.80. The molecule has 2 aliphatic rings. The Morgan fingerprint density at radius 2 is 1.24 bits per heavy atom. The number of carbonyl (C=O) groups excluding carboxylic acids is 5. The van der Waals surface area contributed by atoms with Crippen LogP contribution in [0, 0.1) is 0 Å². The molecule has 71 heavy (non-hydrogen) atoms. The molecule has 2 heterocycles. The average molecular weight is 1030 g/mol. The minimum Gasteiger partial charge on any atom is -0.505 e. The number of hydrogen-bond acceptors (Lipinski definition) is 15. The van der Waals surface area contributed by atoms with Crippen molar-refractivity contribution in [1.82, 2.24) is 14.1 Å². The third-order valence-corrected chi connectivity index (χ3v) is 15.2. The predicted molar refractivity (Wildman–Crippen MR) is 257 cm³/mol. The molecule has 0 radical (unpaired) electrons. The van der Waals surface area contributed by atoms with Gasteiger partial charge >= 0.3 is 0 Å². The number of methoxy groups -OCH3 is 3. The number of halogens is 1. The van der Waals surface area contributed by atoms with E-state index in [2.05, 4.69) is 15.5 Å². The number of anilines is 1. The monoisotopic (exact) mass is 1020 g/mol. The second-order valence-electron chi connectivity index (χ2n) is 15.8. The number of aromatic hydroxyl groups is 1. The number of amides is 5. The zero-order chi connectivity index (χ0) is 51.3. The molecule has 5 amide bonds. The first kappa shape index (κ1) is 49.7. The number of carbonyl (C=O) groups is 5. The molecular weight excluding hydrogens is 984 g/mol. The molecule has 2 aliphatic heterocycles. The Labute approximate surface area is 410 Å². The smallest absolute Gasteiger partial charge is 0.295 e. The molecule has 0 aromatic heterocycles. The zero-order valence-corrected chi connectivity index (χ0v) is 40.6. The highest BCUT2D eigenvalue weighted by atomic mass is 35.5. The summed E-state index contributed by atoms with van der Waals surface area (Å²) in [5.74, 6) is -5.20. The van der Waals surface area contributed by atoms with Gasteiger partial charge in [0.05, 0.1) is 77.8 Å². The van der Waals surface area contributed by atoms with Crippen molar-refractivity contribution in [2.75, 3.05) is 39.7 Å². The average Bonchev–Trinajstić information content (AvgIpc) is 3.73. The highest BCUT2D eigenvalue weighted by Crippen LogP contribution is 2.47. The number of sulfonamides is 1. The van der Waals surface area contributed by atoms with Crippen molar-refractivity contribution in [3.05, 3.63) is 135 Å². The van der Waals surface area contributed by atoms with Crippen molar-refractivity contribution in [3.8, 4) is 23.0 Å². The standard InChI is InChI=1S/C48H41ClN6O14S2/c1-6-53(7-2)70(62,63)27-16-17-37(67-3)36(20-27)51-52-41-40-25(19-32(42(41)56)44(57)50-35-21-34(49)38(68-4)22-39(35)69-5)18-26(23-54-45(58)28-12-8-9-13-29(28)46(54)59)43(71(64,65)66)33(40)24-55-47(60)30-14-10-11-15-31(30)48(55)61/h8-22,56H,6-7,23-24H2,1-5H3,(H,50,57)(H,64,65,66). The molecule has 0 saturated carbocycles. The van der Waals surface area contributed by atoms with Gasteiger partial charge in [-0.1, -0.05) is 49.7 Å². The van der Waals surface area contributed by atoms with Crippen molar-refractivity contribution in [2.45, 2.75) is 36.7 Å². The maximum absolute atomic E-state index is 14.5. The summed E-state index contributed by atoms with van der Waals surface area (Å²) in [5.41, 5.74) is -2.60. The lowest BCUT2D eigenvalue weighted by Gasteiger charge is -2.24. The van der Waals surface area contributed by atoms with Crippen LogP contribution >= 0.6 is 11.6 Å². The van der Waals surface area contributed by atoms with Crippen molar-refractivity contribution < 1.29 is 64.7 Å². The summed E-state index contributed by atoms with van der Waals surface area (Å²) in [6.07, 6.45) is 0. The first-order valence-electron chi connectivity index (χ1n) is 21.3. The third-order valence-electron chi connectivity index (χ3n) is 11.9. The normalized spacial score (nSPS) is 13.7. The fourth-order valence-electron chi connectivity index (χ4n) is 8.50. The maximum atomic E-state index is 14.5. The van der Waals surface area contributed by atoms with Crippen LogP contribution < -0.4 is 19.5 Å². The molecule has 0 fully saturated rings. The summed E-state index contributed by atoms with van der Waals surface area (Å²) < 4.78 is 83.8. The molecule has 6 aromatic rings. The van der Waals surface area contributed by atoms with Gasteiger partial charge in [0.25, 0.3) is 39.7 Å². The fourth-order valence-corrected chi connectivity index (χ4v) is 11.1. The molecule has 0 bridgehead atoms. The lowest BCUT2D eigenvalue weighted by molar-refractivity contribution is 0.0630. The molecule has 3 N–H and O–H groups in total. The highest BCUT2D eigenvalue weighted by molar-refractivity contribution is 7.89. The van der Waals surface area contributed by atoms with E-state index in [0.29, 0.717) is 4.90 Å². The number of rotatable bonds is 16. The highest BCUT2D eigenvalue weighted by Gasteiger charge is 2.40. The van der Waals surface area contributed by atoms with E-state index in [-0.39, 0.29) is 79.3 Å². The first-order chi connectivity index (χ1) is 33.8. The van der Waals surface area contributed by atoms with Gasteiger partial charge in [0.1, 0.15) is 33.5 Å². The number of nitrogens with zero attached hydrogens (tertiary/aromatic N) is 5. The summed E-state index contributed by atoms with van der Waals surface area (Å²) in [6.45, 7) is 1.75. The zero-order valence-electron chi connectivity index (χ0n) is 38.2. The van der Waals surface area contributed by atoms with Gasteiger partial charge in [0.15, 0.2) is 5.75 Å². The Hall–Kier alpha value is -7.76. The Morgan fingerprint density at radius 1 is 0.704 bits per heavy atom. The summed E-state index contributed by atoms with van der Waals surface area (Å²) in [4.78, 5) is 70.3. The SMILES string of the molecule is CCN(CC)S(=O)(=O)c1ccc(OC)c(N=Nc2c(O)c(C(=O)Nc3cc(Cl)c(OC)cc3OC)cc3cc(CN4C(=O)c5ccccc5C4=O)c(S(=O)(=O)O)c(CN4C(=O)c5ccccc5C4=O)c23)c1. The number of imide groups is 2. The van der Waals surface area contributed by atoms with Gasteiger partial charge in [-0.15, -0.1) is 10.2 Å². The number of nitrogens with one attached hydrogen (secondary N) is 1. The van der Waals surface area contributed by atoms with Gasteiger partial charge in [0, 0.05) is 30.1 Å². The van der Waals surface area contributed by atoms with Crippen LogP contribution in [0.25, 0.3) is 10.8 Å². The van der Waals surface area contributed by atoms with Crippen molar-refractivity contribution in [2.24, 2.45) is 10.2 Å². The van der Waals surface area contributed by atoms with Crippen molar-refractivity contribution in [1.29, 1.82) is 0 Å². The molecule has 0 saturated heterocycles. The van der Waals surface area contributed by atoms with E-state index >= 15 is 0 Å². The number of azo groups is 1. The molecular formula is C48H41ClN6O14S2. The molecule has 366 valence electrons. The second kappa shape index (κ2) is 19.2. The van der Waals surface area contributed by atoms with Gasteiger partial charge in [-0.05, 0) is 71.6 Å². The van der Waals surface area contributed by atoms with Crippen LogP contribution in [0.4, 0.5) is 17.1 Å². The first-order valence-corrected chi connectivity index (χ1v) is 24.6. The van der Waals surface area contributed by atoms with E-state index in [9.17, 15) is 50.5 Å². The van der Waals surface area contributed by atoms with Gasteiger partial charge in [-0.25, -0.2) is 8.42 Å². The van der Waals surface area contributed by atoms with Crippen LogP contribution in [0.3, 0.4) is 0 Å². The molecule has 23 heteroatoms. The van der Waals surface area contributed by atoms with Crippen LogP contribution in [0.15, 0.2) is 111 Å². The van der Waals surface area contributed by atoms with E-state index in [0.717, 1.165) is 23.1 Å². The van der Waals surface area contributed by atoms with Crippen LogP contribution in [-0.2, 0) is 33.2 Å². The molecule has 8 rings (SSSR count). The summed E-state index contributed by atoms with van der Waals surface area (Å²) in [6, 6.07) is 20.2. The van der Waals surface area contributed by atoms with Crippen LogP contribution in [0.5, 0.6) is 23.0 Å². The van der Waals surface area contributed by atoms with E-state index in [1.54, 1.807) is 13.8 Å². The molecule has 0 spiro atoms. The number of ether oxygens (including phenoxy) is 3. The van der Waals surface area contributed by atoms with Gasteiger partial charge in [-0.2, -0.15) is 12.7 Å². The van der Waals surface area contributed by atoms with Gasteiger partial charge in [0.2, 0.25) is 10.0 Å². The maximum Gasteiger partial charge on any atom is 0.295 e. The number of benzene rings is 6. The van der Waals surface area contributed by atoms with E-state index in [1.165, 1.54) is 98.4 Å². The topological polar surface area (TPSA) is 268 Å². The van der Waals surface area contributed by atoms with Gasteiger partial charge < -0.3 is 24.6 Å². The van der Waals surface area contributed by atoms with Crippen LogP contribution in [-0.4, -0.2) is 105 Å². The Balaban J connectivity index is 1.43. The Kier molecular flexibility index (Phi) is 13.4. The summed E-state index contributed by atoms with van der Waals surface area (Å²) in [7, 11) is -5.73. The van der Waals surface area contributed by atoms with Crippen LogP contribution in [0.2, 0.25) is 5.02 Å². The molecule has 6 aromatic carbocycles. The predicted octanol–water partition coefficient (Wildman–Crippen LogP) is 7.76. The Bertz CT molecular complexity index is 3480. The minimum absolute atomic E-state index is 0.00276. The largest absolute Gasteiger partial charge is 0.505 e. The van der Waals surface area contributed by atoms with Gasteiger partial charge in [-0.3, -0.25) is 38.3 Å². The second-order valence-corrected chi connectivity index (χ2v) is 19.5. The number of fused-ring (bicyclic) bond motifs is 3. The lowest BCUT2D eigenvalue weighted by Crippen LogP contribution is -2.32. The number of phenolic OH excluding ortho intramolecular Hbond substituents is 1. The van der Waals surface area contributed by atoms with Crippen molar-refractivity contribution in [3.63, 3.8) is 0 Å². The number of hydrogen-bond donors (Lipinski definition) is 3. The van der Waals surface area contributed by atoms with Crippen LogP contribution in [0.1, 0.15) is 76.8 Å². The molecule has 20 nitrogen and oxygen atoms in total. The summed E-state index contributed by atoms with van der Waals surface area (Å²) in [5, 5.41) is 23.0. The molecule has 0 unspecified atom stereocenters. The minimum atomic E-state index is -5.53. The quantitative estimate of drug-likeness (QED) is 0.0475. The molecule has 0 atom stereocenters. The number of phenols is 1. The summed E-state index contributed by atoms with van der Waals surface area (Å²) >= 11 is 6.41. The lowest BCUT2D eigenvalue weighted by atomic mass is 9.95. The molecule has 0 aliphatic carbocycles. The van der Waals surface area contributed by atoms with Crippen molar-refractivity contribution >= 4 is 89.1 Å². The van der Waals surface area contributed by atoms with E-state index < -0.39 is 101 Å². The Morgan fingerprint density at radius 3 is 1.75 bits per heavy atom. The van der Waals surface area contributed by atoms with E-state index in [1.807, 2.05) is 0 Å².